The maximum absolute atomic E-state index is 13.8. The minimum Gasteiger partial charge on any atom is -0.408 e. The van der Waals surface area contributed by atoms with Gasteiger partial charge in [-0.1, -0.05) is 60.8 Å². The molecule has 5 atom stereocenters. The fraction of sp³-hybridized carbons (Fsp3) is 1.00. The molecule has 1 aliphatic rings. The summed E-state index contributed by atoms with van der Waals surface area (Å²) in [6.07, 6.45) is 3.90. The van der Waals surface area contributed by atoms with Crippen molar-refractivity contribution in [2.75, 3.05) is 45.8 Å². The molecule has 0 saturated carbocycles. The van der Waals surface area contributed by atoms with Gasteiger partial charge in [-0.05, 0) is 51.2 Å². The van der Waals surface area contributed by atoms with Crippen molar-refractivity contribution in [3.63, 3.8) is 0 Å². The Morgan fingerprint density at radius 2 is 1.26 bits per heavy atom. The second kappa shape index (κ2) is 18.7. The lowest BCUT2D eigenvalue weighted by atomic mass is 9.95. The molecule has 1 saturated heterocycles. The highest BCUT2D eigenvalue weighted by Crippen LogP contribution is 2.51. The van der Waals surface area contributed by atoms with Gasteiger partial charge in [-0.3, -0.25) is 4.57 Å². The van der Waals surface area contributed by atoms with E-state index in [1.807, 2.05) is 13.8 Å². The van der Waals surface area contributed by atoms with Gasteiger partial charge in [0.25, 0.3) is 0 Å². The summed E-state index contributed by atoms with van der Waals surface area (Å²) in [6.45, 7) is 24.0. The van der Waals surface area contributed by atoms with Crippen LogP contribution in [0.2, 0.25) is 18.1 Å². The molecule has 0 aliphatic carbocycles. The predicted molar refractivity (Wildman–Crippen MR) is 161 cm³/mol. The third-order valence-corrected chi connectivity index (χ3v) is 14.1. The Morgan fingerprint density at radius 1 is 0.744 bits per heavy atom. The maximum Gasteiger partial charge on any atom is 0.333 e. The quantitative estimate of drug-likeness (QED) is 0.0761. The van der Waals surface area contributed by atoms with Crippen LogP contribution in [0.15, 0.2) is 0 Å². The first kappa shape index (κ1) is 37.2. The van der Waals surface area contributed by atoms with Crippen molar-refractivity contribution in [2.24, 2.45) is 0 Å². The third kappa shape index (κ3) is 12.5. The lowest BCUT2D eigenvalue weighted by Crippen LogP contribution is -2.64. The molecule has 1 heterocycles. The first-order chi connectivity index (χ1) is 18.4. The average Bonchev–Trinajstić information content (AvgIpc) is 2.84. The Morgan fingerprint density at radius 3 is 1.74 bits per heavy atom. The van der Waals surface area contributed by atoms with Crippen LogP contribution in [0.5, 0.6) is 0 Å². The standard InChI is InChI=1S/C29H61O8PSi/c1-11-16-19-31-22-24-26(32-20-17-12-2)28(33-21-18-13-3)27(37-39(9,10)29(6,7)8)25(36-24)23-38(30,34-14-4)35-15-5/h24-28H,11-23H2,1-10H3/t24?,25?,26-,27-,28+/m1/s1. The average molecular weight is 597 g/mol. The Balaban J connectivity index is 3.53. The van der Waals surface area contributed by atoms with Crippen molar-refractivity contribution in [2.45, 2.75) is 143 Å². The van der Waals surface area contributed by atoms with Gasteiger partial charge in [-0.2, -0.15) is 0 Å². The van der Waals surface area contributed by atoms with E-state index in [0.29, 0.717) is 39.6 Å². The van der Waals surface area contributed by atoms with Crippen LogP contribution in [0.3, 0.4) is 0 Å². The molecule has 2 unspecified atom stereocenters. The molecule has 0 aromatic heterocycles. The van der Waals surface area contributed by atoms with E-state index in [1.165, 1.54) is 0 Å². The zero-order valence-corrected chi connectivity index (χ0v) is 28.7. The molecule has 0 aromatic carbocycles. The summed E-state index contributed by atoms with van der Waals surface area (Å²) < 4.78 is 58.2. The normalized spacial score (nSPS) is 24.8. The monoisotopic (exact) mass is 596 g/mol. The lowest BCUT2D eigenvalue weighted by molar-refractivity contribution is -0.248. The van der Waals surface area contributed by atoms with Gasteiger partial charge in [0.15, 0.2) is 8.32 Å². The van der Waals surface area contributed by atoms with Crippen molar-refractivity contribution in [1.82, 2.24) is 0 Å². The van der Waals surface area contributed by atoms with Crippen molar-refractivity contribution < 1.29 is 37.0 Å². The molecule has 0 amide bonds. The molecule has 1 rings (SSSR count). The Kier molecular flexibility index (Phi) is 17.8. The molecule has 0 spiro atoms. The molecule has 8 nitrogen and oxygen atoms in total. The van der Waals surface area contributed by atoms with Crippen molar-refractivity contribution in [3.8, 4) is 0 Å². The molecule has 1 fully saturated rings. The molecule has 39 heavy (non-hydrogen) atoms. The smallest absolute Gasteiger partial charge is 0.333 e. The van der Waals surface area contributed by atoms with Gasteiger partial charge in [0.05, 0.1) is 32.1 Å². The molecule has 0 N–H and O–H groups in total. The SMILES string of the molecule is CCCCOCC1OC(CP(=O)(OCC)OCC)[C@@H](O[Si](C)(C)C(C)(C)C)[C@@H](OCCCC)[C@@H]1OCCCC. The molecule has 1 aliphatic heterocycles. The van der Waals surface area contributed by atoms with Gasteiger partial charge in [-0.15, -0.1) is 0 Å². The second-order valence-electron chi connectivity index (χ2n) is 12.0. The molecule has 234 valence electrons. The molecule has 10 heteroatoms. The molecule has 0 aromatic rings. The Labute approximate surface area is 241 Å². The number of unbranched alkanes of at least 4 members (excludes halogenated alkanes) is 3. The van der Waals surface area contributed by atoms with Crippen LogP contribution in [0.25, 0.3) is 0 Å². The maximum atomic E-state index is 13.8. The molecular weight excluding hydrogens is 535 g/mol. The van der Waals surface area contributed by atoms with Gasteiger partial charge in [0.2, 0.25) is 0 Å². The highest BCUT2D eigenvalue weighted by atomic mass is 31.2. The largest absolute Gasteiger partial charge is 0.408 e. The summed E-state index contributed by atoms with van der Waals surface area (Å²) in [5.74, 6) is 0. The van der Waals surface area contributed by atoms with E-state index in [9.17, 15) is 4.57 Å². The van der Waals surface area contributed by atoms with Gasteiger partial charge >= 0.3 is 7.60 Å². The topological polar surface area (TPSA) is 81.7 Å². The van der Waals surface area contributed by atoms with Crippen molar-refractivity contribution >= 4 is 15.9 Å². The number of rotatable bonds is 21. The summed E-state index contributed by atoms with van der Waals surface area (Å²) >= 11 is 0. The zero-order chi connectivity index (χ0) is 29.5. The van der Waals surface area contributed by atoms with Gasteiger partial charge in [0, 0.05) is 19.8 Å². The van der Waals surface area contributed by atoms with Gasteiger partial charge in [0.1, 0.15) is 24.4 Å². The number of hydrogen-bond acceptors (Lipinski definition) is 8. The van der Waals surface area contributed by atoms with Crippen LogP contribution in [-0.4, -0.2) is 84.6 Å². The van der Waals surface area contributed by atoms with Crippen LogP contribution in [0, 0.1) is 0 Å². The van der Waals surface area contributed by atoms with Crippen LogP contribution >= 0.6 is 7.60 Å². The van der Waals surface area contributed by atoms with Crippen LogP contribution < -0.4 is 0 Å². The van der Waals surface area contributed by atoms with Crippen LogP contribution in [0.1, 0.15) is 93.9 Å². The molecular formula is C29H61O8PSi. The Bertz CT molecular complexity index is 677. The van der Waals surface area contributed by atoms with Gasteiger partial charge < -0.3 is 32.4 Å². The molecule has 0 bridgehead atoms. The van der Waals surface area contributed by atoms with E-state index >= 15 is 0 Å². The van der Waals surface area contributed by atoms with Crippen LogP contribution in [0.4, 0.5) is 0 Å². The minimum atomic E-state index is -3.43. The van der Waals surface area contributed by atoms with E-state index < -0.39 is 34.2 Å². The first-order valence-electron chi connectivity index (χ1n) is 15.4. The van der Waals surface area contributed by atoms with E-state index in [-0.39, 0.29) is 23.4 Å². The summed E-state index contributed by atoms with van der Waals surface area (Å²) in [7, 11) is -5.70. The number of hydrogen-bond donors (Lipinski definition) is 0. The minimum absolute atomic E-state index is 0.0340. The summed E-state index contributed by atoms with van der Waals surface area (Å²) in [5, 5.41) is -0.0340. The number of ether oxygens (including phenoxy) is 4. The summed E-state index contributed by atoms with van der Waals surface area (Å²) in [6, 6.07) is 0. The van der Waals surface area contributed by atoms with Gasteiger partial charge in [-0.25, -0.2) is 0 Å². The highest BCUT2D eigenvalue weighted by molar-refractivity contribution is 7.53. The van der Waals surface area contributed by atoms with E-state index in [1.54, 1.807) is 0 Å². The third-order valence-electron chi connectivity index (χ3n) is 7.56. The van der Waals surface area contributed by atoms with E-state index in [4.69, 9.17) is 32.4 Å². The lowest BCUT2D eigenvalue weighted by Gasteiger charge is -2.50. The highest BCUT2D eigenvalue weighted by Gasteiger charge is 2.53. The first-order valence-corrected chi connectivity index (χ1v) is 20.1. The predicted octanol–water partition coefficient (Wildman–Crippen LogP) is 7.60. The van der Waals surface area contributed by atoms with Crippen molar-refractivity contribution in [1.29, 1.82) is 0 Å². The van der Waals surface area contributed by atoms with E-state index in [0.717, 1.165) is 38.5 Å². The molecule has 0 radical (unpaired) electrons. The fourth-order valence-corrected chi connectivity index (χ4v) is 7.38. The Hall–Kier alpha value is 0.167. The summed E-state index contributed by atoms with van der Waals surface area (Å²) in [4.78, 5) is 0. The van der Waals surface area contributed by atoms with E-state index in [2.05, 4.69) is 54.6 Å². The van der Waals surface area contributed by atoms with Crippen molar-refractivity contribution in [3.05, 3.63) is 0 Å². The fourth-order valence-electron chi connectivity index (χ4n) is 4.25. The summed E-state index contributed by atoms with van der Waals surface area (Å²) in [5.41, 5.74) is 0. The van der Waals surface area contributed by atoms with Crippen LogP contribution in [-0.2, 0) is 37.0 Å². The zero-order valence-electron chi connectivity index (χ0n) is 26.8. The second-order valence-corrected chi connectivity index (χ2v) is 18.9.